The number of amides is 2. The fourth-order valence-electron chi connectivity index (χ4n) is 3.20. The van der Waals surface area contributed by atoms with Crippen LogP contribution >= 0.6 is 0 Å². The van der Waals surface area contributed by atoms with Gasteiger partial charge in [0.2, 0.25) is 0 Å². The van der Waals surface area contributed by atoms with Crippen LogP contribution in [0.4, 0.5) is 5.82 Å². The highest BCUT2D eigenvalue weighted by molar-refractivity contribution is 6.23. The number of nitrogens with two attached hydrogens (primary N) is 1. The van der Waals surface area contributed by atoms with Crippen molar-refractivity contribution in [2.24, 2.45) is 0 Å². The zero-order chi connectivity index (χ0) is 19.1. The van der Waals surface area contributed by atoms with Crippen molar-refractivity contribution in [3.05, 3.63) is 76.1 Å². The predicted octanol–water partition coefficient (Wildman–Crippen LogP) is 1.98. The number of fused-ring (bicyclic) bond motifs is 1. The van der Waals surface area contributed by atoms with Gasteiger partial charge in [0, 0.05) is 6.07 Å². The molecule has 4 rings (SSSR count). The SMILES string of the molecule is COc1ccc(-c2ccccc2)cc1-n1c(N)c2c(cc1=O)C(=O)NC2=O. The molecule has 27 heavy (non-hydrogen) atoms. The van der Waals surface area contributed by atoms with Crippen molar-refractivity contribution < 1.29 is 14.3 Å². The first-order chi connectivity index (χ1) is 13.0. The molecule has 134 valence electrons. The summed E-state index contributed by atoms with van der Waals surface area (Å²) in [7, 11) is 1.48. The molecule has 1 aliphatic rings. The van der Waals surface area contributed by atoms with Gasteiger partial charge in [-0.2, -0.15) is 0 Å². The number of nitrogen functional groups attached to an aromatic ring is 1. The maximum atomic E-state index is 12.7. The summed E-state index contributed by atoms with van der Waals surface area (Å²) in [5, 5.41) is 2.15. The Morgan fingerprint density at radius 3 is 2.37 bits per heavy atom. The minimum atomic E-state index is -0.629. The van der Waals surface area contributed by atoms with E-state index < -0.39 is 17.4 Å². The summed E-state index contributed by atoms with van der Waals surface area (Å²) in [6, 6.07) is 16.1. The quantitative estimate of drug-likeness (QED) is 0.694. The number of hydrogen-bond donors (Lipinski definition) is 2. The largest absolute Gasteiger partial charge is 0.495 e. The number of benzene rings is 2. The summed E-state index contributed by atoms with van der Waals surface area (Å²) in [4.78, 5) is 36.6. The fraction of sp³-hybridized carbons (Fsp3) is 0.0500. The number of hydrogen-bond acceptors (Lipinski definition) is 5. The lowest BCUT2D eigenvalue weighted by molar-refractivity contribution is 0.0880. The number of imide groups is 1. The summed E-state index contributed by atoms with van der Waals surface area (Å²) in [5.74, 6) is -0.951. The molecule has 2 amide bonds. The Morgan fingerprint density at radius 2 is 1.67 bits per heavy atom. The zero-order valence-electron chi connectivity index (χ0n) is 14.4. The maximum Gasteiger partial charge on any atom is 0.262 e. The van der Waals surface area contributed by atoms with Crippen molar-refractivity contribution in [1.29, 1.82) is 0 Å². The second kappa shape index (κ2) is 6.14. The van der Waals surface area contributed by atoms with Gasteiger partial charge in [0.15, 0.2) is 0 Å². The number of pyridine rings is 1. The molecular formula is C20H15N3O4. The molecule has 0 unspecified atom stereocenters. The fourth-order valence-corrected chi connectivity index (χ4v) is 3.20. The van der Waals surface area contributed by atoms with Crippen LogP contribution in [0.1, 0.15) is 20.7 Å². The number of aromatic nitrogens is 1. The molecule has 0 fully saturated rings. The second-order valence-electron chi connectivity index (χ2n) is 6.03. The number of carbonyl (C=O) groups is 2. The Bertz CT molecular complexity index is 1150. The van der Waals surface area contributed by atoms with Gasteiger partial charge in [0.25, 0.3) is 17.4 Å². The molecule has 1 aliphatic heterocycles. The molecule has 7 nitrogen and oxygen atoms in total. The van der Waals surface area contributed by atoms with Gasteiger partial charge in [0.1, 0.15) is 11.6 Å². The molecule has 2 aromatic carbocycles. The van der Waals surface area contributed by atoms with Crippen molar-refractivity contribution in [2.75, 3.05) is 12.8 Å². The van der Waals surface area contributed by atoms with Gasteiger partial charge < -0.3 is 10.5 Å². The summed E-state index contributed by atoms with van der Waals surface area (Å²) < 4.78 is 6.57. The molecule has 1 aromatic heterocycles. The normalized spacial score (nSPS) is 12.6. The summed E-state index contributed by atoms with van der Waals surface area (Å²) in [6.07, 6.45) is 0. The maximum absolute atomic E-state index is 12.7. The van der Waals surface area contributed by atoms with Crippen LogP contribution in [0.3, 0.4) is 0 Å². The van der Waals surface area contributed by atoms with Gasteiger partial charge in [-0.15, -0.1) is 0 Å². The van der Waals surface area contributed by atoms with E-state index in [4.69, 9.17) is 10.5 Å². The standard InChI is InChI=1S/C20H15N3O4/c1-27-15-8-7-12(11-5-3-2-4-6-11)9-14(15)23-16(24)10-13-17(18(23)21)20(26)22-19(13)25/h2-10H,21H2,1H3,(H,22,25,26). The van der Waals surface area contributed by atoms with E-state index in [0.29, 0.717) is 11.4 Å². The smallest absolute Gasteiger partial charge is 0.262 e. The van der Waals surface area contributed by atoms with Crippen molar-refractivity contribution >= 4 is 17.6 Å². The van der Waals surface area contributed by atoms with E-state index in [-0.39, 0.29) is 16.9 Å². The van der Waals surface area contributed by atoms with Gasteiger partial charge >= 0.3 is 0 Å². The van der Waals surface area contributed by atoms with E-state index in [0.717, 1.165) is 17.2 Å². The third kappa shape index (κ3) is 2.56. The second-order valence-corrected chi connectivity index (χ2v) is 6.03. The Labute approximate surface area is 154 Å². The number of anilines is 1. The van der Waals surface area contributed by atoms with E-state index in [2.05, 4.69) is 5.32 Å². The minimum Gasteiger partial charge on any atom is -0.495 e. The first-order valence-corrected chi connectivity index (χ1v) is 8.16. The Hall–Kier alpha value is -3.87. The number of rotatable bonds is 3. The predicted molar refractivity (Wildman–Crippen MR) is 100 cm³/mol. The van der Waals surface area contributed by atoms with Crippen molar-refractivity contribution in [3.63, 3.8) is 0 Å². The number of carbonyl (C=O) groups excluding carboxylic acids is 2. The Morgan fingerprint density at radius 1 is 0.926 bits per heavy atom. The van der Waals surface area contributed by atoms with Crippen molar-refractivity contribution in [1.82, 2.24) is 9.88 Å². The van der Waals surface area contributed by atoms with Crippen molar-refractivity contribution in [2.45, 2.75) is 0 Å². The van der Waals surface area contributed by atoms with Crippen LogP contribution in [-0.2, 0) is 0 Å². The molecular weight excluding hydrogens is 346 g/mol. The highest BCUT2D eigenvalue weighted by atomic mass is 16.5. The number of methoxy groups -OCH3 is 1. The van der Waals surface area contributed by atoms with Crippen LogP contribution in [0, 0.1) is 0 Å². The molecule has 3 aromatic rings. The highest BCUT2D eigenvalue weighted by Crippen LogP contribution is 2.31. The molecule has 0 spiro atoms. The summed E-state index contributed by atoms with van der Waals surface area (Å²) in [5.41, 5.74) is 7.75. The Kier molecular flexibility index (Phi) is 3.77. The van der Waals surface area contributed by atoms with Gasteiger partial charge in [0.05, 0.1) is 23.9 Å². The average molecular weight is 361 g/mol. The first-order valence-electron chi connectivity index (χ1n) is 8.16. The molecule has 3 N–H and O–H groups in total. The van der Waals surface area contributed by atoms with Gasteiger partial charge in [-0.25, -0.2) is 0 Å². The van der Waals surface area contributed by atoms with Crippen molar-refractivity contribution in [3.8, 4) is 22.6 Å². The van der Waals surface area contributed by atoms with E-state index in [1.54, 1.807) is 12.1 Å². The monoisotopic (exact) mass is 361 g/mol. The number of nitrogens with zero attached hydrogens (tertiary/aromatic N) is 1. The van der Waals surface area contributed by atoms with Gasteiger partial charge in [-0.1, -0.05) is 36.4 Å². The molecule has 0 saturated heterocycles. The first kappa shape index (κ1) is 16.6. The highest BCUT2D eigenvalue weighted by Gasteiger charge is 2.32. The van der Waals surface area contributed by atoms with Crippen LogP contribution in [0.5, 0.6) is 5.75 Å². The van der Waals surface area contributed by atoms with Gasteiger partial charge in [-0.3, -0.25) is 24.3 Å². The lowest BCUT2D eigenvalue weighted by atomic mass is 10.0. The topological polar surface area (TPSA) is 103 Å². The molecule has 0 aliphatic carbocycles. The zero-order valence-corrected chi connectivity index (χ0v) is 14.4. The molecule has 2 heterocycles. The molecule has 0 bridgehead atoms. The molecule has 0 radical (unpaired) electrons. The molecule has 0 atom stereocenters. The lowest BCUT2D eigenvalue weighted by Gasteiger charge is -2.16. The Balaban J connectivity index is 1.99. The van der Waals surface area contributed by atoms with Crippen LogP contribution in [0.25, 0.3) is 16.8 Å². The molecule has 0 saturated carbocycles. The average Bonchev–Trinajstić information content (AvgIpc) is 2.96. The van der Waals surface area contributed by atoms with E-state index in [1.165, 1.54) is 11.7 Å². The van der Waals surface area contributed by atoms with Crippen LogP contribution < -0.4 is 21.3 Å². The number of nitrogens with one attached hydrogen (secondary N) is 1. The summed E-state index contributed by atoms with van der Waals surface area (Å²) >= 11 is 0. The van der Waals surface area contributed by atoms with E-state index >= 15 is 0 Å². The van der Waals surface area contributed by atoms with Crippen LogP contribution in [0.15, 0.2) is 59.4 Å². The van der Waals surface area contributed by atoms with E-state index in [1.807, 2.05) is 36.4 Å². The minimum absolute atomic E-state index is 0.00762. The molecule has 7 heteroatoms. The van der Waals surface area contributed by atoms with Gasteiger partial charge in [-0.05, 0) is 23.3 Å². The van der Waals surface area contributed by atoms with Crippen LogP contribution in [0.2, 0.25) is 0 Å². The third-order valence-electron chi connectivity index (χ3n) is 4.48. The lowest BCUT2D eigenvalue weighted by Crippen LogP contribution is -2.24. The van der Waals surface area contributed by atoms with Crippen LogP contribution in [-0.4, -0.2) is 23.5 Å². The number of ether oxygens (including phenoxy) is 1. The summed E-state index contributed by atoms with van der Waals surface area (Å²) in [6.45, 7) is 0. The third-order valence-corrected chi connectivity index (χ3v) is 4.48. The van der Waals surface area contributed by atoms with E-state index in [9.17, 15) is 14.4 Å².